The van der Waals surface area contributed by atoms with E-state index in [1.165, 1.54) is 10.4 Å². The number of carbonyl (C=O) groups is 1. The van der Waals surface area contributed by atoms with E-state index in [1.807, 2.05) is 25.7 Å². The highest BCUT2D eigenvalue weighted by Gasteiger charge is 2.31. The number of halogens is 2. The molecule has 1 amide bonds. The molecule has 6 nitrogen and oxygen atoms in total. The zero-order chi connectivity index (χ0) is 19.5. The molecule has 0 aromatic heterocycles. The van der Waals surface area contributed by atoms with Crippen LogP contribution in [0.5, 0.6) is 0 Å². The number of amides is 1. The maximum atomic E-state index is 12.8. The summed E-state index contributed by atoms with van der Waals surface area (Å²) in [7, 11) is -3.64. The normalized spacial score (nSPS) is 17.3. The fourth-order valence-corrected chi connectivity index (χ4v) is 5.09. The van der Waals surface area contributed by atoms with Gasteiger partial charge in [-0.2, -0.15) is 4.31 Å². The Balaban J connectivity index is 1.96. The van der Waals surface area contributed by atoms with Crippen molar-refractivity contribution >= 4 is 43.5 Å². The van der Waals surface area contributed by atoms with Crippen LogP contribution in [0.25, 0.3) is 0 Å². The number of piperazine rings is 1. The summed E-state index contributed by atoms with van der Waals surface area (Å²) in [6, 6.07) is 4.74. The molecule has 1 saturated heterocycles. The molecule has 0 unspecified atom stereocenters. The third-order valence-electron chi connectivity index (χ3n) is 4.57. The van der Waals surface area contributed by atoms with Crippen LogP contribution in [-0.2, 0) is 14.8 Å². The molecule has 1 fully saturated rings. The standard InChI is InChI=1S/C17H25BrClN3O3S/c1-4-17(2,3)20-16(23)12-21-7-9-22(10-8-21)26(24,25)15-6-5-13(18)11-14(15)19/h5-6,11H,4,7-10,12H2,1-3H3,(H,20,23). The van der Waals surface area contributed by atoms with Crippen LogP contribution in [0.15, 0.2) is 27.6 Å². The molecular weight excluding hydrogens is 442 g/mol. The third kappa shape index (κ3) is 5.42. The molecule has 1 heterocycles. The maximum Gasteiger partial charge on any atom is 0.244 e. The Bertz CT molecular complexity index is 763. The highest BCUT2D eigenvalue weighted by Crippen LogP contribution is 2.28. The van der Waals surface area contributed by atoms with Gasteiger partial charge in [0.25, 0.3) is 0 Å². The van der Waals surface area contributed by atoms with Gasteiger partial charge in [0.05, 0.1) is 11.6 Å². The van der Waals surface area contributed by atoms with Crippen molar-refractivity contribution in [3.63, 3.8) is 0 Å². The Kier molecular flexibility index (Phi) is 7.12. The van der Waals surface area contributed by atoms with E-state index in [0.29, 0.717) is 26.2 Å². The highest BCUT2D eigenvalue weighted by molar-refractivity contribution is 9.10. The molecule has 0 bridgehead atoms. The molecule has 26 heavy (non-hydrogen) atoms. The van der Waals surface area contributed by atoms with Gasteiger partial charge in [-0.3, -0.25) is 9.69 Å². The first-order chi connectivity index (χ1) is 12.0. The number of carbonyl (C=O) groups excluding carboxylic acids is 1. The summed E-state index contributed by atoms with van der Waals surface area (Å²) in [5.74, 6) is -0.0379. The molecule has 1 N–H and O–H groups in total. The van der Waals surface area contributed by atoms with Gasteiger partial charge < -0.3 is 5.32 Å². The molecule has 0 radical (unpaired) electrons. The Morgan fingerprint density at radius 2 is 1.88 bits per heavy atom. The van der Waals surface area contributed by atoms with Crippen LogP contribution in [0.4, 0.5) is 0 Å². The fourth-order valence-electron chi connectivity index (χ4n) is 2.66. The van der Waals surface area contributed by atoms with Crippen molar-refractivity contribution in [1.82, 2.24) is 14.5 Å². The third-order valence-corrected chi connectivity index (χ3v) is 7.45. The van der Waals surface area contributed by atoms with Crippen molar-refractivity contribution < 1.29 is 13.2 Å². The van der Waals surface area contributed by atoms with E-state index in [4.69, 9.17) is 11.6 Å². The number of hydrogen-bond acceptors (Lipinski definition) is 4. The van der Waals surface area contributed by atoms with E-state index < -0.39 is 10.0 Å². The van der Waals surface area contributed by atoms with E-state index in [9.17, 15) is 13.2 Å². The van der Waals surface area contributed by atoms with Crippen molar-refractivity contribution in [3.8, 4) is 0 Å². The van der Waals surface area contributed by atoms with Crippen LogP contribution in [0.1, 0.15) is 27.2 Å². The van der Waals surface area contributed by atoms with Gasteiger partial charge >= 0.3 is 0 Å². The molecule has 1 aromatic carbocycles. The zero-order valence-electron chi connectivity index (χ0n) is 15.3. The SMILES string of the molecule is CCC(C)(C)NC(=O)CN1CCN(S(=O)(=O)c2ccc(Br)cc2Cl)CC1. The summed E-state index contributed by atoms with van der Waals surface area (Å²) in [6.45, 7) is 7.95. The zero-order valence-corrected chi connectivity index (χ0v) is 18.4. The maximum absolute atomic E-state index is 12.8. The van der Waals surface area contributed by atoms with Crippen LogP contribution in [0, 0.1) is 0 Å². The Morgan fingerprint density at radius 3 is 2.42 bits per heavy atom. The van der Waals surface area contributed by atoms with Crippen LogP contribution in [-0.4, -0.2) is 61.8 Å². The van der Waals surface area contributed by atoms with Crippen molar-refractivity contribution in [2.75, 3.05) is 32.7 Å². The summed E-state index contributed by atoms with van der Waals surface area (Å²) >= 11 is 9.38. The first-order valence-electron chi connectivity index (χ1n) is 8.54. The van der Waals surface area contributed by atoms with Crippen LogP contribution in [0.3, 0.4) is 0 Å². The summed E-state index contributed by atoms with van der Waals surface area (Å²) in [6.07, 6.45) is 0.846. The molecule has 9 heteroatoms. The lowest BCUT2D eigenvalue weighted by atomic mass is 10.0. The van der Waals surface area contributed by atoms with E-state index in [-0.39, 0.29) is 27.9 Å². The largest absolute Gasteiger partial charge is 0.350 e. The molecule has 0 aliphatic carbocycles. The first-order valence-corrected chi connectivity index (χ1v) is 11.1. The summed E-state index contributed by atoms with van der Waals surface area (Å²) < 4.78 is 27.8. The molecular formula is C17H25BrClN3O3S. The summed E-state index contributed by atoms with van der Waals surface area (Å²) in [5, 5.41) is 3.20. The van der Waals surface area contributed by atoms with Gasteiger partial charge in [-0.05, 0) is 38.5 Å². The molecule has 0 saturated carbocycles. The van der Waals surface area contributed by atoms with Gasteiger partial charge in [-0.1, -0.05) is 34.5 Å². The van der Waals surface area contributed by atoms with E-state index >= 15 is 0 Å². The molecule has 1 aliphatic heterocycles. The number of hydrogen-bond donors (Lipinski definition) is 1. The van der Waals surface area contributed by atoms with Gasteiger partial charge in [-0.25, -0.2) is 8.42 Å². The monoisotopic (exact) mass is 465 g/mol. The van der Waals surface area contributed by atoms with Gasteiger partial charge in [0, 0.05) is 36.2 Å². The predicted molar refractivity (Wildman–Crippen MR) is 107 cm³/mol. The minimum Gasteiger partial charge on any atom is -0.350 e. The first kappa shape index (κ1) is 21.6. The second-order valence-electron chi connectivity index (χ2n) is 7.04. The van der Waals surface area contributed by atoms with E-state index in [2.05, 4.69) is 21.2 Å². The average molecular weight is 467 g/mol. The number of nitrogens with zero attached hydrogens (tertiary/aromatic N) is 2. The fraction of sp³-hybridized carbons (Fsp3) is 0.588. The van der Waals surface area contributed by atoms with E-state index in [0.717, 1.165) is 10.9 Å². The second kappa shape index (κ2) is 8.56. The molecule has 146 valence electrons. The topological polar surface area (TPSA) is 69.7 Å². The van der Waals surface area contributed by atoms with Crippen LogP contribution >= 0.6 is 27.5 Å². The lowest BCUT2D eigenvalue weighted by Crippen LogP contribution is -2.53. The van der Waals surface area contributed by atoms with Gasteiger partial charge in [0.1, 0.15) is 4.90 Å². The quantitative estimate of drug-likeness (QED) is 0.700. The number of rotatable bonds is 6. The van der Waals surface area contributed by atoms with Crippen molar-refractivity contribution in [2.45, 2.75) is 37.6 Å². The summed E-state index contributed by atoms with van der Waals surface area (Å²) in [5.41, 5.74) is -0.236. The predicted octanol–water partition coefficient (Wildman–Crippen LogP) is 2.71. The Morgan fingerprint density at radius 1 is 1.27 bits per heavy atom. The van der Waals surface area contributed by atoms with Gasteiger partial charge in [0.15, 0.2) is 0 Å². The van der Waals surface area contributed by atoms with Crippen molar-refractivity contribution in [1.29, 1.82) is 0 Å². The molecule has 2 rings (SSSR count). The number of benzene rings is 1. The van der Waals surface area contributed by atoms with Gasteiger partial charge in [-0.15, -0.1) is 0 Å². The average Bonchev–Trinajstić information content (AvgIpc) is 2.54. The van der Waals surface area contributed by atoms with Crippen molar-refractivity contribution in [2.24, 2.45) is 0 Å². The molecule has 1 aliphatic rings. The molecule has 0 atom stereocenters. The molecule has 1 aromatic rings. The summed E-state index contributed by atoms with van der Waals surface area (Å²) in [4.78, 5) is 14.2. The smallest absolute Gasteiger partial charge is 0.244 e. The second-order valence-corrected chi connectivity index (χ2v) is 10.3. The minimum absolute atomic E-state index is 0.0379. The minimum atomic E-state index is -3.64. The van der Waals surface area contributed by atoms with Crippen molar-refractivity contribution in [3.05, 3.63) is 27.7 Å². The van der Waals surface area contributed by atoms with Gasteiger partial charge in [0.2, 0.25) is 15.9 Å². The lowest BCUT2D eigenvalue weighted by Gasteiger charge is -2.34. The Labute approximate surface area is 169 Å². The lowest BCUT2D eigenvalue weighted by molar-refractivity contribution is -0.124. The Hall–Kier alpha value is -0.670. The highest BCUT2D eigenvalue weighted by atomic mass is 79.9. The van der Waals surface area contributed by atoms with Crippen LogP contribution in [0.2, 0.25) is 5.02 Å². The molecule has 0 spiro atoms. The van der Waals surface area contributed by atoms with E-state index in [1.54, 1.807) is 12.1 Å². The number of nitrogens with one attached hydrogen (secondary N) is 1. The number of sulfonamides is 1. The van der Waals surface area contributed by atoms with Crippen LogP contribution < -0.4 is 5.32 Å².